The quantitative estimate of drug-likeness (QED) is 0.485. The van der Waals surface area contributed by atoms with Gasteiger partial charge in [0.2, 0.25) is 5.91 Å². The summed E-state index contributed by atoms with van der Waals surface area (Å²) < 4.78 is 2.04. The molecule has 0 spiro atoms. The molecule has 0 saturated heterocycles. The molecule has 0 aliphatic rings. The van der Waals surface area contributed by atoms with Gasteiger partial charge in [-0.1, -0.05) is 29.8 Å². The third-order valence-electron chi connectivity index (χ3n) is 3.99. The second-order valence-corrected chi connectivity index (χ2v) is 8.56. The summed E-state index contributed by atoms with van der Waals surface area (Å²) in [5.41, 5.74) is 4.50. The van der Waals surface area contributed by atoms with Crippen LogP contribution < -0.4 is 5.32 Å². The Morgan fingerprint density at radius 2 is 2.04 bits per heavy atom. The van der Waals surface area contributed by atoms with Gasteiger partial charge in [-0.2, -0.15) is 11.8 Å². The molecule has 0 bridgehead atoms. The summed E-state index contributed by atoms with van der Waals surface area (Å²) in [5.74, 6) is 1.80. The number of aromatic nitrogens is 2. The van der Waals surface area contributed by atoms with E-state index in [0.717, 1.165) is 27.9 Å². The molecular weight excluding hydrogens is 362 g/mol. The lowest BCUT2D eigenvalue weighted by molar-refractivity contribution is -0.116. The molecular formula is C20H23N3OS2. The standard InChI is InChI=1S/C20H23N3OS2/c1-14-4-6-17(7-5-14)13-25-11-10-21-19(24)9-8-18-16(3)22-20-23(18)12-15(2)26-20/h4-9,12H,10-11,13H2,1-3H3,(H,21,24)/b9-8+. The molecule has 136 valence electrons. The number of rotatable bonds is 7. The summed E-state index contributed by atoms with van der Waals surface area (Å²) in [7, 11) is 0. The fourth-order valence-electron chi connectivity index (χ4n) is 2.62. The van der Waals surface area contributed by atoms with Crippen LogP contribution >= 0.6 is 23.1 Å². The van der Waals surface area contributed by atoms with E-state index in [1.807, 2.05) is 29.2 Å². The Balaban J connectivity index is 1.44. The van der Waals surface area contributed by atoms with Gasteiger partial charge in [-0.15, -0.1) is 11.3 Å². The van der Waals surface area contributed by atoms with Crippen LogP contribution in [0.1, 0.15) is 27.4 Å². The lowest BCUT2D eigenvalue weighted by Crippen LogP contribution is -2.23. The summed E-state index contributed by atoms with van der Waals surface area (Å²) in [6, 6.07) is 8.58. The van der Waals surface area contributed by atoms with Gasteiger partial charge < -0.3 is 5.32 Å². The number of carbonyl (C=O) groups excluding carboxylic acids is 1. The van der Waals surface area contributed by atoms with Crippen LogP contribution in [0.15, 0.2) is 36.5 Å². The summed E-state index contributed by atoms with van der Waals surface area (Å²) in [6.45, 7) is 6.78. The average molecular weight is 386 g/mol. The lowest BCUT2D eigenvalue weighted by Gasteiger charge is -2.04. The number of thioether (sulfide) groups is 1. The van der Waals surface area contributed by atoms with Crippen LogP contribution in [0.5, 0.6) is 0 Å². The maximum atomic E-state index is 12.0. The molecule has 0 saturated carbocycles. The largest absolute Gasteiger partial charge is 0.352 e. The number of thiazole rings is 1. The number of hydrogen-bond acceptors (Lipinski definition) is 4. The van der Waals surface area contributed by atoms with Gasteiger partial charge in [0.15, 0.2) is 4.96 Å². The number of hydrogen-bond donors (Lipinski definition) is 1. The maximum absolute atomic E-state index is 12.0. The first-order valence-electron chi connectivity index (χ1n) is 8.57. The molecule has 0 radical (unpaired) electrons. The Morgan fingerprint density at radius 3 is 2.81 bits per heavy atom. The molecule has 26 heavy (non-hydrogen) atoms. The fourth-order valence-corrected chi connectivity index (χ4v) is 4.31. The zero-order valence-electron chi connectivity index (χ0n) is 15.3. The van der Waals surface area contributed by atoms with E-state index < -0.39 is 0 Å². The Morgan fingerprint density at radius 1 is 1.27 bits per heavy atom. The first-order valence-corrected chi connectivity index (χ1v) is 10.5. The molecule has 4 nitrogen and oxygen atoms in total. The number of nitrogens with zero attached hydrogens (tertiary/aromatic N) is 2. The third kappa shape index (κ3) is 4.77. The molecule has 3 rings (SSSR count). The van der Waals surface area contributed by atoms with Crippen LogP contribution in [-0.4, -0.2) is 27.6 Å². The Bertz CT molecular complexity index is 923. The summed E-state index contributed by atoms with van der Waals surface area (Å²) in [6.07, 6.45) is 5.49. The van der Waals surface area contributed by atoms with Gasteiger partial charge in [0, 0.05) is 35.2 Å². The minimum absolute atomic E-state index is 0.0674. The van der Waals surface area contributed by atoms with Crippen LogP contribution in [0.2, 0.25) is 0 Å². The number of fused-ring (bicyclic) bond motifs is 1. The molecule has 2 aromatic heterocycles. The number of aryl methyl sites for hydroxylation is 3. The van der Waals surface area contributed by atoms with Gasteiger partial charge in [-0.3, -0.25) is 9.20 Å². The molecule has 0 atom stereocenters. The summed E-state index contributed by atoms with van der Waals surface area (Å²) in [4.78, 5) is 18.7. The third-order valence-corrected chi connectivity index (χ3v) is 5.92. The monoisotopic (exact) mass is 385 g/mol. The van der Waals surface area contributed by atoms with E-state index in [1.54, 1.807) is 17.4 Å². The van der Waals surface area contributed by atoms with Crippen molar-refractivity contribution in [2.75, 3.05) is 12.3 Å². The Labute approximate surface area is 162 Å². The molecule has 2 heterocycles. The minimum Gasteiger partial charge on any atom is -0.352 e. The van der Waals surface area contributed by atoms with Crippen LogP contribution in [0, 0.1) is 20.8 Å². The van der Waals surface area contributed by atoms with Gasteiger partial charge in [-0.25, -0.2) is 4.98 Å². The highest BCUT2D eigenvalue weighted by atomic mass is 32.2. The Kier molecular flexibility index (Phi) is 6.16. The van der Waals surface area contributed by atoms with Gasteiger partial charge in [0.05, 0.1) is 11.4 Å². The smallest absolute Gasteiger partial charge is 0.244 e. The van der Waals surface area contributed by atoms with E-state index in [4.69, 9.17) is 0 Å². The van der Waals surface area contributed by atoms with Crippen molar-refractivity contribution in [2.45, 2.75) is 26.5 Å². The van der Waals surface area contributed by atoms with Crippen molar-refractivity contribution in [2.24, 2.45) is 0 Å². The van der Waals surface area contributed by atoms with Crippen LogP contribution in [0.25, 0.3) is 11.0 Å². The van der Waals surface area contributed by atoms with Gasteiger partial charge in [-0.05, 0) is 32.4 Å². The van der Waals surface area contributed by atoms with Crippen molar-refractivity contribution in [3.05, 3.63) is 63.9 Å². The van der Waals surface area contributed by atoms with Crippen molar-refractivity contribution < 1.29 is 4.79 Å². The molecule has 0 unspecified atom stereocenters. The molecule has 0 aliphatic heterocycles. The van der Waals surface area contributed by atoms with Crippen molar-refractivity contribution in [1.82, 2.24) is 14.7 Å². The Hall–Kier alpha value is -2.05. The molecule has 0 aliphatic carbocycles. The topological polar surface area (TPSA) is 46.4 Å². The van der Waals surface area contributed by atoms with Crippen LogP contribution in [-0.2, 0) is 10.5 Å². The minimum atomic E-state index is -0.0674. The van der Waals surface area contributed by atoms with E-state index >= 15 is 0 Å². The van der Waals surface area contributed by atoms with Gasteiger partial charge >= 0.3 is 0 Å². The number of amides is 1. The van der Waals surface area contributed by atoms with E-state index in [0.29, 0.717) is 6.54 Å². The number of nitrogens with one attached hydrogen (secondary N) is 1. The summed E-state index contributed by atoms with van der Waals surface area (Å²) in [5, 5.41) is 2.94. The lowest BCUT2D eigenvalue weighted by atomic mass is 10.2. The van der Waals surface area contributed by atoms with Gasteiger partial charge in [0.1, 0.15) is 0 Å². The zero-order chi connectivity index (χ0) is 18.5. The molecule has 0 fully saturated rings. The van der Waals surface area contributed by atoms with Crippen molar-refractivity contribution in [1.29, 1.82) is 0 Å². The normalized spacial score (nSPS) is 11.5. The SMILES string of the molecule is Cc1ccc(CSCCNC(=O)/C=C/c2c(C)nc3sc(C)cn23)cc1. The van der Waals surface area contributed by atoms with Crippen LogP contribution in [0.4, 0.5) is 0 Å². The van der Waals surface area contributed by atoms with Gasteiger partial charge in [0.25, 0.3) is 0 Å². The molecule has 1 N–H and O–H groups in total. The second-order valence-electron chi connectivity index (χ2n) is 6.24. The van der Waals surface area contributed by atoms with E-state index in [9.17, 15) is 4.79 Å². The molecule has 1 amide bonds. The van der Waals surface area contributed by atoms with E-state index in [2.05, 4.69) is 54.6 Å². The van der Waals surface area contributed by atoms with Crippen molar-refractivity contribution in [3.8, 4) is 0 Å². The first-order chi connectivity index (χ1) is 12.5. The summed E-state index contributed by atoms with van der Waals surface area (Å²) >= 11 is 3.48. The predicted molar refractivity (Wildman–Crippen MR) is 112 cm³/mol. The second kappa shape index (κ2) is 8.56. The molecule has 6 heteroatoms. The van der Waals surface area contributed by atoms with Crippen LogP contribution in [0.3, 0.4) is 0 Å². The van der Waals surface area contributed by atoms with E-state index in [1.165, 1.54) is 16.0 Å². The maximum Gasteiger partial charge on any atom is 0.244 e. The zero-order valence-corrected chi connectivity index (χ0v) is 16.9. The predicted octanol–water partition coefficient (Wildman–Crippen LogP) is 4.38. The molecule has 3 aromatic rings. The van der Waals surface area contributed by atoms with E-state index in [-0.39, 0.29) is 5.91 Å². The first kappa shape index (κ1) is 18.7. The van der Waals surface area contributed by atoms with Crippen molar-refractivity contribution >= 4 is 40.0 Å². The average Bonchev–Trinajstić information content (AvgIpc) is 3.09. The highest BCUT2D eigenvalue weighted by Gasteiger charge is 2.08. The highest BCUT2D eigenvalue weighted by Crippen LogP contribution is 2.21. The number of benzene rings is 1. The van der Waals surface area contributed by atoms with Crippen molar-refractivity contribution in [3.63, 3.8) is 0 Å². The number of carbonyl (C=O) groups is 1. The highest BCUT2D eigenvalue weighted by molar-refractivity contribution is 7.98. The number of imidazole rings is 1. The molecule has 1 aromatic carbocycles. The fraction of sp³-hybridized carbons (Fsp3) is 0.300.